The molecule has 3 atom stereocenters. The summed E-state index contributed by atoms with van der Waals surface area (Å²) in [5.41, 5.74) is 0.982. The Morgan fingerprint density at radius 1 is 1.26 bits per heavy atom. The lowest BCUT2D eigenvalue weighted by atomic mass is 10.0. The molecule has 0 aliphatic carbocycles. The van der Waals surface area contributed by atoms with Crippen LogP contribution in [-0.2, 0) is 9.53 Å². The summed E-state index contributed by atoms with van der Waals surface area (Å²) in [6, 6.07) is 5.96. The monoisotopic (exact) mass is 547 g/mol. The van der Waals surface area contributed by atoms with Crippen molar-refractivity contribution < 1.29 is 27.5 Å². The zero-order valence-electron chi connectivity index (χ0n) is 19.2. The summed E-state index contributed by atoms with van der Waals surface area (Å²) >= 11 is 3.40. The second-order valence-electron chi connectivity index (χ2n) is 8.73. The van der Waals surface area contributed by atoms with E-state index in [0.717, 1.165) is 10.0 Å². The maximum atomic E-state index is 13.5. The summed E-state index contributed by atoms with van der Waals surface area (Å²) in [7, 11) is 1.20. The van der Waals surface area contributed by atoms with Gasteiger partial charge in [0.05, 0.1) is 26.2 Å². The van der Waals surface area contributed by atoms with E-state index in [0.29, 0.717) is 12.4 Å². The van der Waals surface area contributed by atoms with Crippen molar-refractivity contribution >= 4 is 33.8 Å². The average molecular weight is 548 g/mol. The van der Waals surface area contributed by atoms with E-state index in [2.05, 4.69) is 36.3 Å². The van der Waals surface area contributed by atoms with Crippen LogP contribution >= 0.6 is 15.9 Å². The third kappa shape index (κ3) is 6.62. The second kappa shape index (κ2) is 10.9. The molecule has 3 rings (SSSR count). The molecular weight excluding hydrogens is 519 g/mol. The number of alkyl halides is 3. The molecule has 1 fully saturated rings. The normalized spacial score (nSPS) is 22.2. The number of carbonyl (C=O) groups excluding carboxylic acids is 2. The van der Waals surface area contributed by atoms with Crippen molar-refractivity contribution in [2.75, 3.05) is 39.8 Å². The number of halogens is 4. The van der Waals surface area contributed by atoms with Gasteiger partial charge in [-0.05, 0) is 23.6 Å². The Labute approximate surface area is 205 Å². The molecule has 1 aromatic carbocycles. The van der Waals surface area contributed by atoms with Gasteiger partial charge in [-0.25, -0.2) is 4.79 Å². The first kappa shape index (κ1) is 26.3. The van der Waals surface area contributed by atoms with E-state index in [-0.39, 0.29) is 37.5 Å². The van der Waals surface area contributed by atoms with Crippen molar-refractivity contribution in [3.63, 3.8) is 0 Å². The minimum atomic E-state index is -4.35. The van der Waals surface area contributed by atoms with Crippen molar-refractivity contribution in [1.29, 1.82) is 0 Å². The molecule has 2 heterocycles. The molecule has 2 amide bonds. The lowest BCUT2D eigenvalue weighted by Crippen LogP contribution is -2.64. The predicted molar refractivity (Wildman–Crippen MR) is 124 cm³/mol. The summed E-state index contributed by atoms with van der Waals surface area (Å²) in [5.74, 6) is -0.170. The number of carbonyl (C=O) groups is 2. The Bertz CT molecular complexity index is 910. The van der Waals surface area contributed by atoms with Crippen LogP contribution in [0.2, 0.25) is 0 Å². The number of hydrogen-bond donors (Lipinski definition) is 2. The van der Waals surface area contributed by atoms with Crippen LogP contribution in [0.1, 0.15) is 25.5 Å². The maximum absolute atomic E-state index is 13.5. The fourth-order valence-electron chi connectivity index (χ4n) is 4.16. The van der Waals surface area contributed by atoms with Crippen molar-refractivity contribution in [2.45, 2.75) is 38.1 Å². The standard InChI is InChI=1S/C22H29BrF3N5O3/c1-13(2)18(29-21(33)34-3)20(32)31-9-8-30(12-22(24,25)26)11-17(31)19-27-10-16(28-19)14-4-6-15(23)7-5-14/h4-7,13,16-18H,8-12H2,1-3H3,(H,27,28)(H,29,33)/t16?,17-,18-/m0/s1. The van der Waals surface area contributed by atoms with Gasteiger partial charge < -0.3 is 20.3 Å². The number of aliphatic imine (C=N–C) groups is 1. The number of nitrogens with zero attached hydrogens (tertiary/aromatic N) is 3. The van der Waals surface area contributed by atoms with Gasteiger partial charge in [-0.2, -0.15) is 13.2 Å². The third-order valence-electron chi connectivity index (χ3n) is 5.90. The van der Waals surface area contributed by atoms with Crippen molar-refractivity contribution in [3.05, 3.63) is 34.3 Å². The molecule has 8 nitrogen and oxygen atoms in total. The number of hydrogen-bond acceptors (Lipinski definition) is 6. The van der Waals surface area contributed by atoms with Gasteiger partial charge in [0.25, 0.3) is 0 Å². The molecule has 0 radical (unpaired) electrons. The minimum Gasteiger partial charge on any atom is -0.453 e. The van der Waals surface area contributed by atoms with Crippen LogP contribution in [0.4, 0.5) is 18.0 Å². The number of amidine groups is 1. The molecule has 1 aromatic rings. The fourth-order valence-corrected chi connectivity index (χ4v) is 4.42. The molecule has 0 bridgehead atoms. The summed E-state index contributed by atoms with van der Waals surface area (Å²) in [4.78, 5) is 32.6. The van der Waals surface area contributed by atoms with Gasteiger partial charge in [-0.3, -0.25) is 14.7 Å². The first-order chi connectivity index (χ1) is 16.0. The third-order valence-corrected chi connectivity index (χ3v) is 6.42. The Balaban J connectivity index is 1.82. The molecule has 1 unspecified atom stereocenters. The van der Waals surface area contributed by atoms with Crippen LogP contribution in [0.5, 0.6) is 0 Å². The number of methoxy groups -OCH3 is 1. The van der Waals surface area contributed by atoms with Gasteiger partial charge in [-0.1, -0.05) is 41.9 Å². The second-order valence-corrected chi connectivity index (χ2v) is 9.65. The topological polar surface area (TPSA) is 86.3 Å². The van der Waals surface area contributed by atoms with E-state index in [1.54, 1.807) is 13.8 Å². The highest BCUT2D eigenvalue weighted by atomic mass is 79.9. The van der Waals surface area contributed by atoms with Gasteiger partial charge in [-0.15, -0.1) is 0 Å². The smallest absolute Gasteiger partial charge is 0.407 e. The maximum Gasteiger partial charge on any atom is 0.407 e. The van der Waals surface area contributed by atoms with Gasteiger partial charge >= 0.3 is 12.3 Å². The van der Waals surface area contributed by atoms with Gasteiger partial charge in [0.2, 0.25) is 5.91 Å². The number of ether oxygens (including phenoxy) is 1. The van der Waals surface area contributed by atoms with Crippen LogP contribution in [-0.4, -0.2) is 85.7 Å². The van der Waals surface area contributed by atoms with Crippen LogP contribution in [0.15, 0.2) is 33.7 Å². The number of alkyl carbamates (subject to hydrolysis) is 1. The highest BCUT2D eigenvalue weighted by Crippen LogP contribution is 2.25. The number of rotatable bonds is 6. The van der Waals surface area contributed by atoms with Crippen LogP contribution in [0.3, 0.4) is 0 Å². The van der Waals surface area contributed by atoms with Crippen molar-refractivity contribution in [3.8, 4) is 0 Å². The first-order valence-corrected chi connectivity index (χ1v) is 11.8. The lowest BCUT2D eigenvalue weighted by Gasteiger charge is -2.43. The number of piperazine rings is 1. The Hall–Kier alpha value is -2.34. The molecule has 2 aliphatic rings. The zero-order chi connectivity index (χ0) is 25.0. The summed E-state index contributed by atoms with van der Waals surface area (Å²) in [6.45, 7) is 3.02. The average Bonchev–Trinajstić information content (AvgIpc) is 3.26. The van der Waals surface area contributed by atoms with Gasteiger partial charge in [0, 0.05) is 24.1 Å². The molecule has 1 saturated heterocycles. The van der Waals surface area contributed by atoms with Crippen LogP contribution in [0.25, 0.3) is 0 Å². The number of amides is 2. The van der Waals surface area contributed by atoms with E-state index in [1.165, 1.54) is 16.9 Å². The summed E-state index contributed by atoms with van der Waals surface area (Å²) < 4.78 is 44.9. The lowest BCUT2D eigenvalue weighted by molar-refractivity contribution is -0.154. The Kier molecular flexibility index (Phi) is 8.45. The van der Waals surface area contributed by atoms with Gasteiger partial charge in [0.1, 0.15) is 17.9 Å². The van der Waals surface area contributed by atoms with Crippen molar-refractivity contribution in [1.82, 2.24) is 20.4 Å². The SMILES string of the molecule is COC(=O)N[C@H](C(=O)N1CCN(CC(F)(F)F)C[C@H]1C1=NCC(c2ccc(Br)cc2)N1)C(C)C. The van der Waals surface area contributed by atoms with E-state index in [9.17, 15) is 22.8 Å². The van der Waals surface area contributed by atoms with E-state index in [4.69, 9.17) is 0 Å². The summed E-state index contributed by atoms with van der Waals surface area (Å²) in [6.07, 6.45) is -5.10. The molecule has 0 aromatic heterocycles. The number of benzene rings is 1. The van der Waals surface area contributed by atoms with Gasteiger partial charge in [0.15, 0.2) is 0 Å². The van der Waals surface area contributed by atoms with Crippen LogP contribution in [0, 0.1) is 5.92 Å². The molecule has 0 spiro atoms. The molecule has 188 valence electrons. The highest BCUT2D eigenvalue weighted by Gasteiger charge is 2.42. The molecule has 34 heavy (non-hydrogen) atoms. The Morgan fingerprint density at radius 3 is 2.53 bits per heavy atom. The molecule has 12 heteroatoms. The largest absolute Gasteiger partial charge is 0.453 e. The van der Waals surface area contributed by atoms with Crippen molar-refractivity contribution in [2.24, 2.45) is 10.9 Å². The van der Waals surface area contributed by atoms with E-state index < -0.39 is 30.9 Å². The molecule has 2 N–H and O–H groups in total. The Morgan fingerprint density at radius 2 is 1.94 bits per heavy atom. The fraction of sp³-hybridized carbons (Fsp3) is 0.591. The van der Waals surface area contributed by atoms with Crippen LogP contribution < -0.4 is 10.6 Å². The zero-order valence-corrected chi connectivity index (χ0v) is 20.8. The highest BCUT2D eigenvalue weighted by molar-refractivity contribution is 9.10. The number of nitrogens with one attached hydrogen (secondary N) is 2. The quantitative estimate of drug-likeness (QED) is 0.571. The molecular formula is C22H29BrF3N5O3. The summed E-state index contributed by atoms with van der Waals surface area (Å²) in [5, 5.41) is 5.86. The first-order valence-electron chi connectivity index (χ1n) is 11.0. The predicted octanol–water partition coefficient (Wildman–Crippen LogP) is 2.95. The van der Waals surface area contributed by atoms with E-state index in [1.807, 2.05) is 24.3 Å². The van der Waals surface area contributed by atoms with E-state index >= 15 is 0 Å². The minimum absolute atomic E-state index is 0.0207. The molecule has 0 saturated carbocycles. The molecule has 2 aliphatic heterocycles.